The fourth-order valence-electron chi connectivity index (χ4n) is 2.42. The summed E-state index contributed by atoms with van der Waals surface area (Å²) in [6.07, 6.45) is 3.27. The first-order valence-corrected chi connectivity index (χ1v) is 6.27. The van der Waals surface area contributed by atoms with Gasteiger partial charge in [0, 0.05) is 13.5 Å². The van der Waals surface area contributed by atoms with E-state index < -0.39 is 4.92 Å². The Balaban J connectivity index is 1.79. The third-order valence-electron chi connectivity index (χ3n) is 3.44. The summed E-state index contributed by atoms with van der Waals surface area (Å²) >= 11 is 0. The first-order valence-electron chi connectivity index (χ1n) is 6.27. The van der Waals surface area contributed by atoms with Gasteiger partial charge in [-0.05, 0) is 15.5 Å². The summed E-state index contributed by atoms with van der Waals surface area (Å²) in [6.45, 7) is 0. The molecule has 1 fully saturated rings. The van der Waals surface area contributed by atoms with Crippen LogP contribution < -0.4 is 0 Å². The quantitative estimate of drug-likeness (QED) is 0.634. The highest BCUT2D eigenvalue weighted by Crippen LogP contribution is 2.37. The topological polar surface area (TPSA) is 73.4 Å². The fourth-order valence-corrected chi connectivity index (χ4v) is 2.42. The molecule has 0 spiro atoms. The number of hydrogen-bond donors (Lipinski definition) is 0. The Kier molecular flexibility index (Phi) is 3.21. The Morgan fingerprint density at radius 3 is 2.80 bits per heavy atom. The van der Waals surface area contributed by atoms with E-state index in [-0.39, 0.29) is 18.1 Å². The molecule has 2 aromatic rings. The molecular weight excluding hydrogens is 260 g/mol. The molecule has 1 unspecified atom stereocenters. The lowest BCUT2D eigenvalue weighted by atomic mass is 10.0. The second-order valence-corrected chi connectivity index (χ2v) is 4.70. The van der Waals surface area contributed by atoms with Gasteiger partial charge in [-0.1, -0.05) is 30.3 Å². The highest BCUT2D eigenvalue weighted by molar-refractivity contribution is 5.19. The smallest absolute Gasteiger partial charge is 0.358 e. The molecule has 1 aromatic carbocycles. The maximum absolute atomic E-state index is 10.7. The maximum atomic E-state index is 10.7. The average Bonchev–Trinajstić information content (AvgIpc) is 3.06. The lowest BCUT2D eigenvalue weighted by molar-refractivity contribution is -0.389. The van der Waals surface area contributed by atoms with Crippen LogP contribution in [-0.4, -0.2) is 26.6 Å². The number of imidazole rings is 1. The van der Waals surface area contributed by atoms with Crippen molar-refractivity contribution in [3.8, 4) is 0 Å². The van der Waals surface area contributed by atoms with Crippen molar-refractivity contribution in [2.75, 3.05) is 7.05 Å². The molecule has 1 aromatic heterocycles. The Morgan fingerprint density at radius 2 is 2.15 bits per heavy atom. The molecule has 20 heavy (non-hydrogen) atoms. The predicted octanol–water partition coefficient (Wildman–Crippen LogP) is 2.30. The van der Waals surface area contributed by atoms with Crippen LogP contribution in [0.4, 0.5) is 5.82 Å². The van der Waals surface area contributed by atoms with Crippen LogP contribution in [0.3, 0.4) is 0 Å². The molecule has 7 nitrogen and oxygen atoms in total. The Labute approximate surface area is 115 Å². The van der Waals surface area contributed by atoms with Crippen molar-refractivity contribution in [1.29, 1.82) is 0 Å². The number of nitro groups is 1. The van der Waals surface area contributed by atoms with Crippen molar-refractivity contribution in [1.82, 2.24) is 14.6 Å². The molecule has 2 atom stereocenters. The maximum Gasteiger partial charge on any atom is 0.381 e. The summed E-state index contributed by atoms with van der Waals surface area (Å²) in [4.78, 5) is 19.6. The van der Waals surface area contributed by atoms with Crippen LogP contribution >= 0.6 is 0 Å². The molecule has 7 heteroatoms. The molecule has 0 N–H and O–H groups in total. The number of aromatic nitrogens is 2. The summed E-state index contributed by atoms with van der Waals surface area (Å²) in [5.74, 6) is -0.167. The summed E-state index contributed by atoms with van der Waals surface area (Å²) in [6, 6.07) is 10.2. The number of hydroxylamine groups is 2. The van der Waals surface area contributed by atoms with Crippen LogP contribution in [0.25, 0.3) is 0 Å². The zero-order valence-corrected chi connectivity index (χ0v) is 10.9. The summed E-state index contributed by atoms with van der Waals surface area (Å²) in [5, 5.41) is 12.4. The average molecular weight is 274 g/mol. The largest absolute Gasteiger partial charge is 0.381 e. The van der Waals surface area contributed by atoms with Crippen LogP contribution in [0, 0.1) is 10.1 Å². The summed E-state index contributed by atoms with van der Waals surface area (Å²) in [7, 11) is 1.86. The van der Waals surface area contributed by atoms with Crippen LogP contribution in [-0.2, 0) is 4.84 Å². The van der Waals surface area contributed by atoms with Gasteiger partial charge < -0.3 is 10.1 Å². The van der Waals surface area contributed by atoms with E-state index in [4.69, 9.17) is 4.84 Å². The van der Waals surface area contributed by atoms with Crippen molar-refractivity contribution < 1.29 is 9.76 Å². The molecular formula is C13H14N4O3. The normalized spacial score (nSPS) is 23.1. The van der Waals surface area contributed by atoms with Crippen molar-refractivity contribution in [2.24, 2.45) is 0 Å². The van der Waals surface area contributed by atoms with Crippen LogP contribution in [0.15, 0.2) is 42.9 Å². The van der Waals surface area contributed by atoms with E-state index in [0.29, 0.717) is 6.42 Å². The SMILES string of the molecule is CN1O[C@@H](n2cnc([N+](=O)[O-])c2)CC1c1ccccc1. The first kappa shape index (κ1) is 12.8. The minimum Gasteiger partial charge on any atom is -0.358 e. The lowest BCUT2D eigenvalue weighted by Gasteiger charge is -2.17. The third kappa shape index (κ3) is 2.28. The van der Waals surface area contributed by atoms with Crippen molar-refractivity contribution in [2.45, 2.75) is 18.7 Å². The first-order chi connectivity index (χ1) is 9.65. The van der Waals surface area contributed by atoms with E-state index in [0.717, 1.165) is 5.56 Å². The van der Waals surface area contributed by atoms with E-state index >= 15 is 0 Å². The molecule has 0 saturated carbocycles. The molecule has 0 aliphatic carbocycles. The molecule has 1 aliphatic heterocycles. The van der Waals surface area contributed by atoms with Gasteiger partial charge in [0.2, 0.25) is 6.33 Å². The number of hydrogen-bond acceptors (Lipinski definition) is 5. The minimum atomic E-state index is -0.510. The van der Waals surface area contributed by atoms with Gasteiger partial charge in [-0.15, -0.1) is 0 Å². The molecule has 0 bridgehead atoms. The standard InChI is InChI=1S/C13H14N4O3/c1-15-11(10-5-3-2-4-6-10)7-13(20-15)16-8-12(14-9-16)17(18)19/h2-6,8-9,11,13H,7H2,1H3/t11?,13-/m1/s1. The van der Waals surface area contributed by atoms with Crippen molar-refractivity contribution in [3.05, 3.63) is 58.5 Å². The van der Waals surface area contributed by atoms with Gasteiger partial charge in [-0.25, -0.2) is 0 Å². The van der Waals surface area contributed by atoms with E-state index in [9.17, 15) is 10.1 Å². The zero-order valence-electron chi connectivity index (χ0n) is 10.9. The van der Waals surface area contributed by atoms with Gasteiger partial charge in [0.05, 0.1) is 6.04 Å². The fraction of sp³-hybridized carbons (Fsp3) is 0.308. The monoisotopic (exact) mass is 274 g/mol. The van der Waals surface area contributed by atoms with Gasteiger partial charge in [-0.3, -0.25) is 9.40 Å². The Bertz CT molecular complexity index is 613. The van der Waals surface area contributed by atoms with Gasteiger partial charge in [0.25, 0.3) is 0 Å². The molecule has 2 heterocycles. The van der Waals surface area contributed by atoms with Crippen molar-refractivity contribution >= 4 is 5.82 Å². The van der Waals surface area contributed by atoms with E-state index in [2.05, 4.69) is 4.98 Å². The molecule has 0 amide bonds. The van der Waals surface area contributed by atoms with E-state index in [1.165, 1.54) is 12.5 Å². The molecule has 104 valence electrons. The predicted molar refractivity (Wildman–Crippen MR) is 70.6 cm³/mol. The lowest BCUT2D eigenvalue weighted by Crippen LogP contribution is -2.16. The summed E-state index contributed by atoms with van der Waals surface area (Å²) in [5.41, 5.74) is 1.16. The molecule has 3 rings (SSSR count). The minimum absolute atomic E-state index is 0.127. The highest BCUT2D eigenvalue weighted by atomic mass is 16.7. The van der Waals surface area contributed by atoms with Gasteiger partial charge >= 0.3 is 5.82 Å². The van der Waals surface area contributed by atoms with E-state index in [1.54, 1.807) is 9.63 Å². The molecule has 0 radical (unpaired) electrons. The van der Waals surface area contributed by atoms with Crippen LogP contribution in [0.5, 0.6) is 0 Å². The molecule has 1 aliphatic rings. The highest BCUT2D eigenvalue weighted by Gasteiger charge is 2.34. The van der Waals surface area contributed by atoms with Crippen LogP contribution in [0.1, 0.15) is 24.3 Å². The number of nitrogens with zero attached hydrogens (tertiary/aromatic N) is 4. The number of rotatable bonds is 3. The second-order valence-electron chi connectivity index (χ2n) is 4.70. The molecule has 1 saturated heterocycles. The third-order valence-corrected chi connectivity index (χ3v) is 3.44. The van der Waals surface area contributed by atoms with Crippen molar-refractivity contribution in [3.63, 3.8) is 0 Å². The Hall–Kier alpha value is -2.25. The van der Waals surface area contributed by atoms with Crippen LogP contribution in [0.2, 0.25) is 0 Å². The van der Waals surface area contributed by atoms with Gasteiger partial charge in [-0.2, -0.15) is 5.06 Å². The number of benzene rings is 1. The van der Waals surface area contributed by atoms with Gasteiger partial charge in [0.15, 0.2) is 6.23 Å². The van der Waals surface area contributed by atoms with E-state index in [1.807, 2.05) is 37.4 Å². The van der Waals surface area contributed by atoms with Gasteiger partial charge in [0.1, 0.15) is 6.20 Å². The Morgan fingerprint density at radius 1 is 1.40 bits per heavy atom. The second kappa shape index (κ2) is 5.03. The summed E-state index contributed by atoms with van der Waals surface area (Å²) < 4.78 is 1.64. The zero-order chi connectivity index (χ0) is 14.1.